The molecular weight excluding hydrogens is 425 g/mol. The number of pyridine rings is 1. The number of carbonyl (C=O) groups is 1. The van der Waals surface area contributed by atoms with E-state index < -0.39 is 11.9 Å². The van der Waals surface area contributed by atoms with E-state index in [1.807, 2.05) is 32.7 Å². The summed E-state index contributed by atoms with van der Waals surface area (Å²) in [4.78, 5) is 26.9. The number of nitrogens with one attached hydrogen (secondary N) is 2. The van der Waals surface area contributed by atoms with Crippen LogP contribution < -0.4 is 20.3 Å². The smallest absolute Gasteiger partial charge is 0.433 e. The fourth-order valence-electron chi connectivity index (χ4n) is 4.05. The Hall–Kier alpha value is -3.11. The van der Waals surface area contributed by atoms with Crippen LogP contribution in [0.15, 0.2) is 18.2 Å². The van der Waals surface area contributed by atoms with Crippen molar-refractivity contribution in [3.8, 4) is 5.88 Å². The Labute approximate surface area is 183 Å². The summed E-state index contributed by atoms with van der Waals surface area (Å²) < 4.78 is 44.0. The highest BCUT2D eigenvalue weighted by molar-refractivity contribution is 6.03. The van der Waals surface area contributed by atoms with E-state index in [1.165, 1.54) is 12.1 Å². The molecule has 0 radical (unpaired) electrons. The van der Waals surface area contributed by atoms with E-state index in [9.17, 15) is 18.0 Å². The molecule has 1 aliphatic heterocycles. The molecule has 11 heteroatoms. The minimum Gasteiger partial charge on any atom is -0.474 e. The molecule has 1 saturated carbocycles. The van der Waals surface area contributed by atoms with E-state index in [1.54, 1.807) is 0 Å². The quantitative estimate of drug-likeness (QED) is 0.719. The Morgan fingerprint density at radius 1 is 1.22 bits per heavy atom. The van der Waals surface area contributed by atoms with Gasteiger partial charge in [0.2, 0.25) is 17.7 Å². The number of hydrogen-bond acceptors (Lipinski definition) is 7. The number of carbonyl (C=O) groups excluding carboxylic acids is 1. The number of aryl methyl sites for hydroxylation is 1. The number of alkyl halides is 3. The average Bonchev–Trinajstić information content (AvgIpc) is 2.66. The van der Waals surface area contributed by atoms with E-state index in [0.29, 0.717) is 36.0 Å². The van der Waals surface area contributed by atoms with Crippen molar-refractivity contribution in [3.63, 3.8) is 0 Å². The normalized spacial score (nSPS) is 22.8. The Morgan fingerprint density at radius 3 is 2.59 bits per heavy atom. The average molecular weight is 450 g/mol. The van der Waals surface area contributed by atoms with Crippen LogP contribution in [0.2, 0.25) is 0 Å². The monoisotopic (exact) mass is 450 g/mol. The van der Waals surface area contributed by atoms with Gasteiger partial charge < -0.3 is 20.3 Å². The summed E-state index contributed by atoms with van der Waals surface area (Å²) in [6.45, 7) is 5.76. The molecule has 1 aliphatic carbocycles. The number of amides is 1. The Bertz CT molecular complexity index is 1020. The topological polar surface area (TPSA) is 92.3 Å². The first kappa shape index (κ1) is 22.1. The van der Waals surface area contributed by atoms with Gasteiger partial charge in [-0.2, -0.15) is 18.2 Å². The molecule has 0 bridgehead atoms. The van der Waals surface area contributed by atoms with E-state index in [4.69, 9.17) is 4.74 Å². The lowest BCUT2D eigenvalue weighted by atomic mass is 9.89. The zero-order valence-corrected chi connectivity index (χ0v) is 18.2. The number of likely N-dealkylation sites (N-methyl/N-ethyl adjacent to an activating group) is 1. The number of halogens is 3. The van der Waals surface area contributed by atoms with Crippen LogP contribution in [0.3, 0.4) is 0 Å². The van der Waals surface area contributed by atoms with Crippen LogP contribution in [-0.4, -0.2) is 46.1 Å². The third-order valence-electron chi connectivity index (χ3n) is 5.70. The van der Waals surface area contributed by atoms with Gasteiger partial charge in [-0.15, -0.1) is 0 Å². The molecule has 1 amide bonds. The molecule has 2 aliphatic rings. The summed E-state index contributed by atoms with van der Waals surface area (Å²) in [6.07, 6.45) is -3.59. The van der Waals surface area contributed by atoms with E-state index in [0.717, 1.165) is 6.07 Å². The Balaban J connectivity index is 1.40. The van der Waals surface area contributed by atoms with Gasteiger partial charge in [0.25, 0.3) is 0 Å². The van der Waals surface area contributed by atoms with Crippen molar-refractivity contribution in [1.82, 2.24) is 15.0 Å². The third-order valence-corrected chi connectivity index (χ3v) is 5.70. The van der Waals surface area contributed by atoms with Crippen LogP contribution in [0.5, 0.6) is 5.88 Å². The lowest BCUT2D eigenvalue weighted by molar-refractivity contribution is -0.141. The fourth-order valence-corrected chi connectivity index (χ4v) is 4.05. The standard InChI is InChI=1S/C21H25F3N6O2/c1-10(2)17-19(31)28-16-11(3)25-20(29-18(16)30(17)4)26-12-8-13(9-12)32-15-7-5-6-14(27-15)21(22,23)24/h5-7,10,12-13,17H,8-9H2,1-4H3,(H,28,31)(H,25,26,29). The summed E-state index contributed by atoms with van der Waals surface area (Å²) in [5.41, 5.74) is 0.281. The largest absolute Gasteiger partial charge is 0.474 e. The van der Waals surface area contributed by atoms with Gasteiger partial charge in [0.15, 0.2) is 5.82 Å². The van der Waals surface area contributed by atoms with Crippen LogP contribution in [0, 0.1) is 12.8 Å². The predicted octanol–water partition coefficient (Wildman–Crippen LogP) is 3.63. The van der Waals surface area contributed by atoms with Crippen molar-refractivity contribution in [2.45, 2.75) is 58.0 Å². The first-order valence-corrected chi connectivity index (χ1v) is 10.4. The maximum atomic E-state index is 12.8. The van der Waals surface area contributed by atoms with Crippen LogP contribution in [0.25, 0.3) is 0 Å². The zero-order chi connectivity index (χ0) is 23.2. The molecule has 3 heterocycles. The summed E-state index contributed by atoms with van der Waals surface area (Å²) in [7, 11) is 1.84. The molecule has 32 heavy (non-hydrogen) atoms. The zero-order valence-electron chi connectivity index (χ0n) is 18.2. The second kappa shape index (κ2) is 8.10. The number of fused-ring (bicyclic) bond motifs is 1. The first-order chi connectivity index (χ1) is 15.0. The number of anilines is 3. The first-order valence-electron chi connectivity index (χ1n) is 10.4. The van der Waals surface area contributed by atoms with Crippen LogP contribution >= 0.6 is 0 Å². The number of nitrogens with zero attached hydrogens (tertiary/aromatic N) is 4. The highest BCUT2D eigenvalue weighted by atomic mass is 19.4. The van der Waals surface area contributed by atoms with Crippen LogP contribution in [0.4, 0.5) is 30.6 Å². The predicted molar refractivity (Wildman–Crippen MR) is 113 cm³/mol. The third kappa shape index (κ3) is 4.28. The number of ether oxygens (including phenoxy) is 1. The molecule has 0 saturated heterocycles. The summed E-state index contributed by atoms with van der Waals surface area (Å²) in [6, 6.07) is 3.31. The second-order valence-corrected chi connectivity index (χ2v) is 8.53. The van der Waals surface area contributed by atoms with Gasteiger partial charge in [-0.25, -0.2) is 9.97 Å². The van der Waals surface area contributed by atoms with Gasteiger partial charge in [0.1, 0.15) is 23.5 Å². The van der Waals surface area contributed by atoms with Gasteiger partial charge in [0, 0.05) is 32.0 Å². The molecule has 0 aromatic carbocycles. The molecule has 2 N–H and O–H groups in total. The van der Waals surface area contributed by atoms with Crippen molar-refractivity contribution in [3.05, 3.63) is 29.6 Å². The van der Waals surface area contributed by atoms with Gasteiger partial charge in [-0.1, -0.05) is 19.9 Å². The van der Waals surface area contributed by atoms with E-state index in [2.05, 4.69) is 25.6 Å². The second-order valence-electron chi connectivity index (χ2n) is 8.53. The van der Waals surface area contributed by atoms with E-state index >= 15 is 0 Å². The molecule has 172 valence electrons. The lowest BCUT2D eigenvalue weighted by Gasteiger charge is -2.38. The Morgan fingerprint density at radius 2 is 1.94 bits per heavy atom. The van der Waals surface area contributed by atoms with Crippen molar-refractivity contribution < 1.29 is 22.7 Å². The van der Waals surface area contributed by atoms with Crippen molar-refractivity contribution in [2.24, 2.45) is 5.92 Å². The number of aromatic nitrogens is 3. The summed E-state index contributed by atoms with van der Waals surface area (Å²) in [5, 5.41) is 6.16. The highest BCUT2D eigenvalue weighted by Crippen LogP contribution is 2.35. The number of rotatable bonds is 5. The molecule has 2 aromatic rings. The van der Waals surface area contributed by atoms with E-state index in [-0.39, 0.29) is 35.9 Å². The van der Waals surface area contributed by atoms with Crippen molar-refractivity contribution >= 4 is 23.4 Å². The van der Waals surface area contributed by atoms with Crippen molar-refractivity contribution in [2.75, 3.05) is 22.6 Å². The minimum absolute atomic E-state index is 0.0210. The van der Waals surface area contributed by atoms with Gasteiger partial charge in [0.05, 0.1) is 5.69 Å². The van der Waals surface area contributed by atoms with Crippen molar-refractivity contribution in [1.29, 1.82) is 0 Å². The molecule has 1 atom stereocenters. The van der Waals surface area contributed by atoms with Gasteiger partial charge in [-0.3, -0.25) is 4.79 Å². The maximum Gasteiger partial charge on any atom is 0.433 e. The highest BCUT2D eigenvalue weighted by Gasteiger charge is 2.37. The lowest BCUT2D eigenvalue weighted by Crippen LogP contribution is -2.50. The molecule has 1 unspecified atom stereocenters. The Kier molecular flexibility index (Phi) is 5.59. The van der Waals surface area contributed by atoms with Crippen LogP contribution in [-0.2, 0) is 11.0 Å². The fraction of sp³-hybridized carbons (Fsp3) is 0.524. The number of hydrogen-bond donors (Lipinski definition) is 2. The molecule has 4 rings (SSSR count). The molecule has 1 fully saturated rings. The summed E-state index contributed by atoms with van der Waals surface area (Å²) in [5.74, 6) is 1.07. The van der Waals surface area contributed by atoms with Gasteiger partial charge >= 0.3 is 6.18 Å². The SMILES string of the molecule is Cc1nc(NC2CC(Oc3cccc(C(F)(F)F)n3)C2)nc2c1NC(=O)C(C(C)C)N2C. The minimum atomic E-state index is -4.51. The van der Waals surface area contributed by atoms with Gasteiger partial charge in [-0.05, 0) is 18.9 Å². The van der Waals surface area contributed by atoms with Crippen LogP contribution in [0.1, 0.15) is 38.1 Å². The molecule has 0 spiro atoms. The molecule has 2 aromatic heterocycles. The molecular formula is C21H25F3N6O2. The summed E-state index contributed by atoms with van der Waals surface area (Å²) >= 11 is 0. The maximum absolute atomic E-state index is 12.8. The molecule has 8 nitrogen and oxygen atoms in total.